The highest BCUT2D eigenvalue weighted by molar-refractivity contribution is 5.71. The van der Waals surface area contributed by atoms with Crippen molar-refractivity contribution < 1.29 is 9.53 Å². The van der Waals surface area contributed by atoms with Crippen molar-refractivity contribution in [2.75, 3.05) is 13.6 Å². The highest BCUT2D eigenvalue weighted by Gasteiger charge is 2.54. The van der Waals surface area contributed by atoms with Crippen LogP contribution in [0.15, 0.2) is 0 Å². The first-order valence-electron chi connectivity index (χ1n) is 6.51. The molecule has 2 bridgehead atoms. The first-order chi connectivity index (χ1) is 7.59. The number of hydrogen-bond donors (Lipinski definition) is 0. The fraction of sp³-hybridized carbons (Fsp3) is 0.923. The monoisotopic (exact) mass is 223 g/mol. The number of carbonyl (C=O) groups is 1. The molecule has 1 aliphatic carbocycles. The van der Waals surface area contributed by atoms with Crippen LogP contribution in [0.25, 0.3) is 0 Å². The number of piperidine rings is 2. The average Bonchev–Trinajstić information content (AvgIpc) is 2.18. The van der Waals surface area contributed by atoms with E-state index in [4.69, 9.17) is 4.74 Å². The van der Waals surface area contributed by atoms with Gasteiger partial charge in [-0.25, -0.2) is 0 Å². The average molecular weight is 223 g/mol. The lowest BCUT2D eigenvalue weighted by Gasteiger charge is -2.56. The minimum Gasteiger partial charge on any atom is -0.459 e. The van der Waals surface area contributed by atoms with Gasteiger partial charge < -0.3 is 9.64 Å². The second-order valence-corrected chi connectivity index (χ2v) is 6.12. The molecule has 4 atom stereocenters. The van der Waals surface area contributed by atoms with Crippen molar-refractivity contribution in [1.82, 2.24) is 4.90 Å². The van der Waals surface area contributed by atoms with Crippen LogP contribution in [-0.2, 0) is 9.53 Å². The van der Waals surface area contributed by atoms with E-state index in [-0.39, 0.29) is 11.6 Å². The normalized spacial score (nSPS) is 48.4. The molecule has 0 amide bonds. The van der Waals surface area contributed by atoms with Gasteiger partial charge in [0.1, 0.15) is 5.60 Å². The summed E-state index contributed by atoms with van der Waals surface area (Å²) in [5.74, 6) is 1.12. The van der Waals surface area contributed by atoms with Crippen LogP contribution in [0.4, 0.5) is 0 Å². The molecule has 4 unspecified atom stereocenters. The molecular formula is C13H21NO2. The molecule has 0 aromatic heterocycles. The minimum atomic E-state index is -0.0931. The third-order valence-electron chi connectivity index (χ3n) is 4.83. The molecule has 4 aliphatic rings. The quantitative estimate of drug-likeness (QED) is 0.587. The van der Waals surface area contributed by atoms with Crippen LogP contribution in [0.1, 0.15) is 39.0 Å². The van der Waals surface area contributed by atoms with Crippen molar-refractivity contribution >= 4 is 5.97 Å². The molecule has 3 heteroatoms. The molecule has 3 heterocycles. The number of ether oxygens (including phenoxy) is 1. The SMILES string of the molecule is CC1CC(=O)OC2(C1)CC1CCC2CN1C. The lowest BCUT2D eigenvalue weighted by Crippen LogP contribution is -2.62. The van der Waals surface area contributed by atoms with Gasteiger partial charge in [0.05, 0.1) is 0 Å². The molecule has 4 fully saturated rings. The summed E-state index contributed by atoms with van der Waals surface area (Å²) >= 11 is 0. The Labute approximate surface area is 97.1 Å². The van der Waals surface area contributed by atoms with Crippen LogP contribution < -0.4 is 0 Å². The molecule has 3 aliphatic heterocycles. The van der Waals surface area contributed by atoms with Gasteiger partial charge in [0.2, 0.25) is 0 Å². The highest BCUT2D eigenvalue weighted by atomic mass is 16.6. The van der Waals surface area contributed by atoms with E-state index in [0.717, 1.165) is 19.4 Å². The largest absolute Gasteiger partial charge is 0.459 e. The van der Waals surface area contributed by atoms with Gasteiger partial charge in [0, 0.05) is 31.3 Å². The van der Waals surface area contributed by atoms with Crippen molar-refractivity contribution in [1.29, 1.82) is 0 Å². The van der Waals surface area contributed by atoms with E-state index in [2.05, 4.69) is 18.9 Å². The van der Waals surface area contributed by atoms with Gasteiger partial charge in [-0.2, -0.15) is 0 Å². The molecule has 3 saturated heterocycles. The molecule has 1 saturated carbocycles. The van der Waals surface area contributed by atoms with Crippen LogP contribution in [0.5, 0.6) is 0 Å². The lowest BCUT2D eigenvalue weighted by atomic mass is 9.64. The van der Waals surface area contributed by atoms with Gasteiger partial charge in [-0.05, 0) is 32.2 Å². The van der Waals surface area contributed by atoms with Crippen molar-refractivity contribution in [3.05, 3.63) is 0 Å². The van der Waals surface area contributed by atoms with E-state index in [1.807, 2.05) is 0 Å². The Kier molecular flexibility index (Phi) is 2.29. The maximum atomic E-state index is 11.7. The summed E-state index contributed by atoms with van der Waals surface area (Å²) in [4.78, 5) is 14.1. The van der Waals surface area contributed by atoms with E-state index in [0.29, 0.717) is 24.3 Å². The van der Waals surface area contributed by atoms with Crippen molar-refractivity contribution in [3.63, 3.8) is 0 Å². The summed E-state index contributed by atoms with van der Waals surface area (Å²) in [6.45, 7) is 3.30. The fourth-order valence-corrected chi connectivity index (χ4v) is 4.09. The highest BCUT2D eigenvalue weighted by Crippen LogP contribution is 2.49. The van der Waals surface area contributed by atoms with E-state index < -0.39 is 0 Å². The third kappa shape index (κ3) is 1.48. The van der Waals surface area contributed by atoms with Crippen LogP contribution in [0.3, 0.4) is 0 Å². The number of esters is 1. The second kappa shape index (κ2) is 3.46. The van der Waals surface area contributed by atoms with Crippen molar-refractivity contribution in [2.45, 2.75) is 50.7 Å². The molecule has 0 aromatic rings. The van der Waals surface area contributed by atoms with Gasteiger partial charge in [-0.15, -0.1) is 0 Å². The standard InChI is InChI=1S/C13H21NO2/c1-9-5-12(15)16-13(6-9)7-11-4-3-10(13)8-14(11)2/h9-11H,3-8H2,1-2H3. The van der Waals surface area contributed by atoms with Crippen molar-refractivity contribution in [2.24, 2.45) is 11.8 Å². The van der Waals surface area contributed by atoms with Crippen LogP contribution in [0.2, 0.25) is 0 Å². The van der Waals surface area contributed by atoms with E-state index in [9.17, 15) is 4.79 Å². The molecule has 1 spiro atoms. The topological polar surface area (TPSA) is 29.5 Å². The van der Waals surface area contributed by atoms with Gasteiger partial charge in [0.15, 0.2) is 0 Å². The first-order valence-corrected chi connectivity index (χ1v) is 6.51. The van der Waals surface area contributed by atoms with Crippen molar-refractivity contribution in [3.8, 4) is 0 Å². The Hall–Kier alpha value is -0.570. The summed E-state index contributed by atoms with van der Waals surface area (Å²) in [6, 6.07) is 0.642. The zero-order valence-corrected chi connectivity index (χ0v) is 10.2. The van der Waals surface area contributed by atoms with Crippen LogP contribution in [0, 0.1) is 11.8 Å². The Morgan fingerprint density at radius 2 is 2.19 bits per heavy atom. The minimum absolute atomic E-state index is 0.0361. The number of hydrogen-bond acceptors (Lipinski definition) is 3. The van der Waals surface area contributed by atoms with Gasteiger partial charge in [-0.1, -0.05) is 6.92 Å². The molecule has 16 heavy (non-hydrogen) atoms. The summed E-state index contributed by atoms with van der Waals surface area (Å²) < 4.78 is 5.80. The van der Waals surface area contributed by atoms with E-state index in [1.54, 1.807) is 0 Å². The molecule has 0 aromatic carbocycles. The molecule has 0 radical (unpaired) electrons. The first kappa shape index (κ1) is 10.6. The maximum absolute atomic E-state index is 11.7. The van der Waals surface area contributed by atoms with Gasteiger partial charge in [0.25, 0.3) is 0 Å². The third-order valence-corrected chi connectivity index (χ3v) is 4.83. The lowest BCUT2D eigenvalue weighted by molar-refractivity contribution is -0.201. The summed E-state index contributed by atoms with van der Waals surface area (Å²) in [7, 11) is 2.21. The summed E-state index contributed by atoms with van der Waals surface area (Å²) in [6.07, 6.45) is 5.32. The Bertz CT molecular complexity index is 317. The number of fused-ring (bicyclic) bond motifs is 2. The van der Waals surface area contributed by atoms with Crippen LogP contribution in [-0.4, -0.2) is 36.1 Å². The second-order valence-electron chi connectivity index (χ2n) is 6.12. The van der Waals surface area contributed by atoms with Crippen LogP contribution >= 0.6 is 0 Å². The number of carbonyl (C=O) groups excluding carboxylic acids is 1. The summed E-state index contributed by atoms with van der Waals surface area (Å²) in [5.41, 5.74) is -0.0931. The Balaban J connectivity index is 1.86. The predicted molar refractivity (Wildman–Crippen MR) is 61.0 cm³/mol. The zero-order valence-electron chi connectivity index (χ0n) is 10.2. The van der Waals surface area contributed by atoms with E-state index in [1.165, 1.54) is 12.8 Å². The Morgan fingerprint density at radius 3 is 2.75 bits per heavy atom. The maximum Gasteiger partial charge on any atom is 0.306 e. The number of rotatable bonds is 0. The molecule has 0 N–H and O–H groups in total. The smallest absolute Gasteiger partial charge is 0.306 e. The summed E-state index contributed by atoms with van der Waals surface area (Å²) in [5, 5.41) is 0. The molecule has 4 rings (SSSR count). The number of nitrogens with zero attached hydrogens (tertiary/aromatic N) is 1. The van der Waals surface area contributed by atoms with Gasteiger partial charge >= 0.3 is 5.97 Å². The zero-order chi connectivity index (χ0) is 11.3. The molecule has 3 nitrogen and oxygen atoms in total. The Morgan fingerprint density at radius 1 is 1.38 bits per heavy atom. The predicted octanol–water partition coefficient (Wildman–Crippen LogP) is 1.81. The van der Waals surface area contributed by atoms with E-state index >= 15 is 0 Å². The fourth-order valence-electron chi connectivity index (χ4n) is 4.09. The molecule has 90 valence electrons. The van der Waals surface area contributed by atoms with Gasteiger partial charge in [-0.3, -0.25) is 4.79 Å². The molecular weight excluding hydrogens is 202 g/mol.